The molecule has 0 fully saturated rings. The molecule has 2 rings (SSSR count). The Morgan fingerprint density at radius 3 is 2.73 bits per heavy atom. The van der Waals surface area contributed by atoms with Crippen molar-refractivity contribution in [2.24, 2.45) is 0 Å². The van der Waals surface area contributed by atoms with Gasteiger partial charge in [-0.05, 0) is 54.5 Å². The van der Waals surface area contributed by atoms with Gasteiger partial charge in [-0.2, -0.15) is 0 Å². The third-order valence-corrected chi connectivity index (χ3v) is 17.1. The predicted molar refractivity (Wildman–Crippen MR) is 68.4 cm³/mol. The average Bonchev–Trinajstić information content (AvgIpc) is 2.28. The van der Waals surface area contributed by atoms with E-state index >= 15 is 0 Å². The molecule has 0 atom stereocenters. The zero-order valence-corrected chi connectivity index (χ0v) is 12.2. The molecule has 0 saturated heterocycles. The minimum absolute atomic E-state index is 1.37. The fourth-order valence-corrected chi connectivity index (χ4v) is 19.9. The van der Waals surface area contributed by atoms with E-state index in [-0.39, 0.29) is 0 Å². The van der Waals surface area contributed by atoms with Crippen molar-refractivity contribution in [1.29, 1.82) is 0 Å². The maximum absolute atomic E-state index is 3.39. The molecule has 8 heteroatoms. The maximum atomic E-state index is 3.39. The second kappa shape index (κ2) is 4.97. The molecule has 0 aromatic carbocycles. The van der Waals surface area contributed by atoms with Crippen molar-refractivity contribution in [2.45, 2.75) is 0 Å². The van der Waals surface area contributed by atoms with Gasteiger partial charge in [0.05, 0.1) is 10.1 Å². The number of hydrogen-bond acceptors (Lipinski definition) is 0. The van der Waals surface area contributed by atoms with Crippen LogP contribution in [0.5, 0.6) is 0 Å². The average molecular weight is 284 g/mol. The quantitative estimate of drug-likeness (QED) is 0.550. The topological polar surface area (TPSA) is 0 Å². The van der Waals surface area contributed by atoms with Crippen molar-refractivity contribution in [1.82, 2.24) is 0 Å². The summed E-state index contributed by atoms with van der Waals surface area (Å²) in [4.78, 5) is 0. The fourth-order valence-electron chi connectivity index (χ4n) is 0.506. The van der Waals surface area contributed by atoms with Crippen LogP contribution >= 0.6 is 62.4 Å². The molecular formula is C3P8. The summed E-state index contributed by atoms with van der Waals surface area (Å²) in [5, 5.41) is 6.70. The Morgan fingerprint density at radius 2 is 1.82 bits per heavy atom. The monoisotopic (exact) mass is 284 g/mol. The van der Waals surface area contributed by atoms with Crippen LogP contribution in [0.25, 0.3) is 0 Å². The van der Waals surface area contributed by atoms with Gasteiger partial charge in [-0.1, -0.05) is 5.17 Å². The summed E-state index contributed by atoms with van der Waals surface area (Å²) in [7, 11) is 12.0. The molecule has 0 radical (unpaired) electrons. The van der Waals surface area contributed by atoms with Crippen molar-refractivity contribution in [3.05, 3.63) is 0 Å². The lowest BCUT2D eigenvalue weighted by molar-refractivity contribution is 2.80. The molecule has 0 amide bonds. The summed E-state index contributed by atoms with van der Waals surface area (Å²) in [5.74, 6) is 0. The molecule has 1 aliphatic heterocycles. The van der Waals surface area contributed by atoms with Gasteiger partial charge in [0.15, 0.2) is 0 Å². The van der Waals surface area contributed by atoms with Gasteiger partial charge in [-0.15, -0.1) is 0 Å². The van der Waals surface area contributed by atoms with E-state index in [9.17, 15) is 0 Å². The van der Waals surface area contributed by atoms with Crippen LogP contribution in [0.4, 0.5) is 0 Å². The van der Waals surface area contributed by atoms with Gasteiger partial charge < -0.3 is 0 Å². The van der Waals surface area contributed by atoms with E-state index in [4.69, 9.17) is 0 Å². The smallest absolute Gasteiger partial charge is 0.0515 e. The number of rotatable bonds is 0. The highest BCUT2D eigenvalue weighted by molar-refractivity contribution is 8.35. The van der Waals surface area contributed by atoms with Crippen LogP contribution in [0.2, 0.25) is 0 Å². The van der Waals surface area contributed by atoms with E-state index < -0.39 is 0 Å². The molecule has 0 saturated carbocycles. The maximum Gasteiger partial charge on any atom is 0.0593 e. The van der Waals surface area contributed by atoms with E-state index in [0.717, 1.165) is 0 Å². The largest absolute Gasteiger partial charge is 0.0593 e. The molecule has 0 unspecified atom stereocenters. The number of hydrogen-bond donors (Lipinski definition) is 0. The highest BCUT2D eigenvalue weighted by Crippen LogP contribution is 2.41. The van der Waals surface area contributed by atoms with Crippen LogP contribution in [-0.4, -0.2) is 5.17 Å². The first-order valence-corrected chi connectivity index (χ1v) is 13.3. The lowest BCUT2D eigenvalue weighted by atomic mass is 11.1. The van der Waals surface area contributed by atoms with Crippen LogP contribution < -0.4 is 10.1 Å². The third kappa shape index (κ3) is 2.68. The fraction of sp³-hybridized carbons (Fsp3) is 0. The van der Waals surface area contributed by atoms with Crippen LogP contribution in [0.3, 0.4) is 0 Å². The van der Waals surface area contributed by atoms with Crippen LogP contribution in [0, 0.1) is 0 Å². The van der Waals surface area contributed by atoms with Gasteiger partial charge in [-0.3, -0.25) is 0 Å². The molecule has 1 aromatic rings. The molecule has 11 heavy (non-hydrogen) atoms. The van der Waals surface area contributed by atoms with E-state index in [1.54, 1.807) is 33.0 Å². The normalized spacial score (nSPS) is 21.5. The zero-order chi connectivity index (χ0) is 7.52. The lowest BCUT2D eigenvalue weighted by Crippen LogP contribution is -2.00. The molecule has 0 aliphatic carbocycles. The van der Waals surface area contributed by atoms with Crippen LogP contribution in [0.1, 0.15) is 0 Å². The van der Waals surface area contributed by atoms with E-state index in [2.05, 4.69) is 5.17 Å². The Bertz CT molecular complexity index is 359. The molecule has 1 aromatic heterocycles. The van der Waals surface area contributed by atoms with Gasteiger partial charge in [0.2, 0.25) is 0 Å². The van der Waals surface area contributed by atoms with Crippen molar-refractivity contribution in [3.8, 4) is 0 Å². The van der Waals surface area contributed by atoms with Gasteiger partial charge in [0.25, 0.3) is 0 Å². The summed E-state index contributed by atoms with van der Waals surface area (Å²) in [6.45, 7) is 0. The first-order valence-electron chi connectivity index (χ1n) is 2.59. The molecule has 52 valence electrons. The van der Waals surface area contributed by atoms with Gasteiger partial charge in [0.1, 0.15) is 0 Å². The van der Waals surface area contributed by atoms with E-state index in [1.807, 2.05) is 0 Å². The summed E-state index contributed by atoms with van der Waals surface area (Å²) in [6.07, 6.45) is 0. The van der Waals surface area contributed by atoms with Crippen LogP contribution in [-0.2, 0) is 0 Å². The summed E-state index contributed by atoms with van der Waals surface area (Å²) >= 11 is 0. The van der Waals surface area contributed by atoms with Crippen LogP contribution in [0.15, 0.2) is 0 Å². The zero-order valence-electron chi connectivity index (χ0n) is 5.08. The minimum Gasteiger partial charge on any atom is -0.0515 e. The standard InChI is InChI=1S/C3P8/c1-4-2-3(7-9-5-1)8-11-10-6-2. The Labute approximate surface area is 77.6 Å². The Kier molecular flexibility index (Phi) is 4.28. The van der Waals surface area contributed by atoms with Crippen molar-refractivity contribution in [3.63, 3.8) is 0 Å². The van der Waals surface area contributed by atoms with Gasteiger partial charge >= 0.3 is 0 Å². The lowest BCUT2D eigenvalue weighted by Gasteiger charge is -1.90. The molecular weight excluding hydrogens is 284 g/mol. The summed E-state index contributed by atoms with van der Waals surface area (Å²) < 4.78 is 0. The predicted octanol–water partition coefficient (Wildman–Crippen LogP) is 5.52. The van der Waals surface area contributed by atoms with Crippen molar-refractivity contribution < 1.29 is 0 Å². The molecule has 0 spiro atoms. The molecule has 0 N–H and O–H groups in total. The molecule has 0 nitrogen and oxygen atoms in total. The molecule has 1 aliphatic rings. The minimum atomic E-state index is 1.37. The second-order valence-electron chi connectivity index (χ2n) is 1.53. The van der Waals surface area contributed by atoms with Gasteiger partial charge in [0, 0.05) is 7.89 Å². The van der Waals surface area contributed by atoms with Gasteiger partial charge in [-0.25, -0.2) is 0 Å². The Balaban J connectivity index is 2.67. The van der Waals surface area contributed by atoms with Crippen molar-refractivity contribution >= 4 is 77.6 Å². The van der Waals surface area contributed by atoms with E-state index in [0.29, 0.717) is 0 Å². The first-order chi connectivity index (χ1) is 5.47. The number of fused-ring (bicyclic) bond motifs is 1. The third-order valence-electron chi connectivity index (χ3n) is 0.904. The molecule has 2 heterocycles. The first kappa shape index (κ1) is 9.47. The Hall–Kier alpha value is 1.92. The van der Waals surface area contributed by atoms with E-state index in [1.165, 1.54) is 39.4 Å². The van der Waals surface area contributed by atoms with Crippen molar-refractivity contribution in [2.75, 3.05) is 0 Å². The molecule has 0 bridgehead atoms. The summed E-state index contributed by atoms with van der Waals surface area (Å²) in [6, 6.07) is 0. The summed E-state index contributed by atoms with van der Waals surface area (Å²) in [5.41, 5.74) is 0. The highest BCUT2D eigenvalue weighted by atomic mass is 32.3. The highest BCUT2D eigenvalue weighted by Gasteiger charge is 1.98. The SMILES string of the molecule is C1=PP=Pc2ppppc2P=1. The Morgan fingerprint density at radius 1 is 1.00 bits per heavy atom. The second-order valence-corrected chi connectivity index (χ2v) is 15.2.